The van der Waals surface area contributed by atoms with E-state index < -0.39 is 0 Å². The van der Waals surface area contributed by atoms with Crippen LogP contribution in [0.3, 0.4) is 0 Å². The molecule has 0 aliphatic carbocycles. The first-order valence-corrected chi connectivity index (χ1v) is 6.71. The number of hydrogen-bond donors (Lipinski definition) is 1. The second-order valence-electron chi connectivity index (χ2n) is 4.48. The Hall–Kier alpha value is -1.65. The molecule has 0 aliphatic heterocycles. The van der Waals surface area contributed by atoms with Crippen LogP contribution >= 0.6 is 11.3 Å². The van der Waals surface area contributed by atoms with E-state index in [0.29, 0.717) is 5.69 Å². The molecule has 0 radical (unpaired) electrons. The normalized spacial score (nSPS) is 11.3. The van der Waals surface area contributed by atoms with Gasteiger partial charge in [0, 0.05) is 17.1 Å². The maximum Gasteiger partial charge on any atom is 0.194 e. The summed E-state index contributed by atoms with van der Waals surface area (Å²) < 4.78 is 2.05. The third kappa shape index (κ3) is 1.74. The maximum atomic E-state index is 9.14. The van der Waals surface area contributed by atoms with Crippen molar-refractivity contribution in [3.63, 3.8) is 0 Å². The number of thiazole rings is 1. The van der Waals surface area contributed by atoms with Crippen molar-refractivity contribution >= 4 is 16.3 Å². The molecule has 0 saturated carbocycles. The Bertz CT molecular complexity index is 712. The summed E-state index contributed by atoms with van der Waals surface area (Å²) in [4.78, 5) is 5.28. The van der Waals surface area contributed by atoms with Crippen molar-refractivity contribution in [3.8, 4) is 11.3 Å². The van der Waals surface area contributed by atoms with Gasteiger partial charge in [0.05, 0.1) is 18.0 Å². The fourth-order valence-corrected chi connectivity index (χ4v) is 3.09. The van der Waals surface area contributed by atoms with Gasteiger partial charge in [-0.25, -0.2) is 4.98 Å². The Morgan fingerprint density at radius 2 is 2.17 bits per heavy atom. The smallest absolute Gasteiger partial charge is 0.194 e. The Morgan fingerprint density at radius 1 is 1.33 bits per heavy atom. The number of aromatic nitrogens is 2. The minimum Gasteiger partial charge on any atom is -0.390 e. The van der Waals surface area contributed by atoms with E-state index in [4.69, 9.17) is 5.11 Å². The highest BCUT2D eigenvalue weighted by Gasteiger charge is 2.11. The monoisotopic (exact) mass is 258 g/mol. The number of nitrogens with zero attached hydrogens (tertiary/aromatic N) is 2. The second-order valence-corrected chi connectivity index (χ2v) is 5.32. The highest BCUT2D eigenvalue weighted by molar-refractivity contribution is 7.15. The highest BCUT2D eigenvalue weighted by Crippen LogP contribution is 2.29. The first-order valence-electron chi connectivity index (χ1n) is 5.83. The third-order valence-electron chi connectivity index (χ3n) is 3.08. The number of aliphatic hydroxyl groups excluding tert-OH is 1. The van der Waals surface area contributed by atoms with Gasteiger partial charge in [0.2, 0.25) is 0 Å². The fraction of sp³-hybridized carbons (Fsp3) is 0.214. The summed E-state index contributed by atoms with van der Waals surface area (Å²) in [5.41, 5.74) is 5.60. The maximum absolute atomic E-state index is 9.14. The van der Waals surface area contributed by atoms with Crippen molar-refractivity contribution in [2.45, 2.75) is 20.5 Å². The van der Waals surface area contributed by atoms with E-state index in [2.05, 4.69) is 42.4 Å². The highest BCUT2D eigenvalue weighted by atomic mass is 32.1. The Morgan fingerprint density at radius 3 is 2.89 bits per heavy atom. The van der Waals surface area contributed by atoms with Crippen LogP contribution in [-0.2, 0) is 6.61 Å². The van der Waals surface area contributed by atoms with E-state index in [-0.39, 0.29) is 6.61 Å². The summed E-state index contributed by atoms with van der Waals surface area (Å²) in [5, 5.41) is 11.3. The first kappa shape index (κ1) is 11.4. The predicted molar refractivity (Wildman–Crippen MR) is 73.9 cm³/mol. The Balaban J connectivity index is 2.21. The van der Waals surface area contributed by atoms with Crippen LogP contribution < -0.4 is 0 Å². The number of hydrogen-bond acceptors (Lipinski definition) is 3. The molecule has 0 bridgehead atoms. The molecule has 0 unspecified atom stereocenters. The molecule has 3 rings (SSSR count). The van der Waals surface area contributed by atoms with Gasteiger partial charge in [0.1, 0.15) is 0 Å². The topological polar surface area (TPSA) is 37.5 Å². The van der Waals surface area contributed by atoms with Crippen LogP contribution in [0.25, 0.3) is 16.2 Å². The van der Waals surface area contributed by atoms with Crippen LogP contribution in [-0.4, -0.2) is 14.5 Å². The van der Waals surface area contributed by atoms with Gasteiger partial charge in [0.25, 0.3) is 0 Å². The number of benzene rings is 1. The summed E-state index contributed by atoms with van der Waals surface area (Å²) in [5.74, 6) is 0. The molecule has 2 aromatic heterocycles. The van der Waals surface area contributed by atoms with Crippen LogP contribution in [0.5, 0.6) is 0 Å². The zero-order valence-corrected chi connectivity index (χ0v) is 11.2. The summed E-state index contributed by atoms with van der Waals surface area (Å²) in [6.45, 7) is 4.21. The zero-order chi connectivity index (χ0) is 12.7. The van der Waals surface area contributed by atoms with Crippen molar-refractivity contribution in [2.75, 3.05) is 0 Å². The van der Waals surface area contributed by atoms with Crippen LogP contribution in [0.15, 0.2) is 29.8 Å². The predicted octanol–water partition coefficient (Wildman–Crippen LogP) is 3.17. The van der Waals surface area contributed by atoms with Crippen LogP contribution in [0.2, 0.25) is 0 Å². The molecule has 0 saturated heterocycles. The quantitative estimate of drug-likeness (QED) is 0.766. The van der Waals surface area contributed by atoms with Gasteiger partial charge in [-0.2, -0.15) is 0 Å². The summed E-state index contributed by atoms with van der Waals surface area (Å²) in [6.07, 6.45) is 1.90. The zero-order valence-electron chi connectivity index (χ0n) is 10.3. The minimum absolute atomic E-state index is 0.0132. The van der Waals surface area contributed by atoms with Gasteiger partial charge in [-0.15, -0.1) is 11.3 Å². The molecular formula is C14H14N2OS. The lowest BCUT2D eigenvalue weighted by atomic mass is 10.0. The Kier molecular flexibility index (Phi) is 2.69. The molecule has 1 aromatic carbocycles. The summed E-state index contributed by atoms with van der Waals surface area (Å²) in [6, 6.07) is 6.45. The third-order valence-corrected chi connectivity index (χ3v) is 3.92. The van der Waals surface area contributed by atoms with Crippen LogP contribution in [0.4, 0.5) is 0 Å². The van der Waals surface area contributed by atoms with E-state index >= 15 is 0 Å². The second kappa shape index (κ2) is 4.23. The van der Waals surface area contributed by atoms with Gasteiger partial charge in [-0.05, 0) is 19.4 Å². The molecular weight excluding hydrogens is 244 g/mol. The van der Waals surface area contributed by atoms with Gasteiger partial charge >= 0.3 is 0 Å². The fourth-order valence-electron chi connectivity index (χ4n) is 2.20. The Labute approximate surface area is 109 Å². The number of rotatable bonds is 2. The lowest BCUT2D eigenvalue weighted by Crippen LogP contribution is -1.88. The number of imidazole rings is 1. The van der Waals surface area contributed by atoms with Crippen molar-refractivity contribution in [1.29, 1.82) is 0 Å². The van der Waals surface area contributed by atoms with Gasteiger partial charge in [-0.3, -0.25) is 4.40 Å². The number of fused-ring (bicyclic) bond motifs is 1. The van der Waals surface area contributed by atoms with Crippen LogP contribution in [0.1, 0.15) is 16.8 Å². The van der Waals surface area contributed by atoms with E-state index in [1.807, 2.05) is 10.6 Å². The molecule has 18 heavy (non-hydrogen) atoms. The molecule has 0 fully saturated rings. The molecule has 1 N–H and O–H groups in total. The van der Waals surface area contributed by atoms with Gasteiger partial charge < -0.3 is 5.11 Å². The van der Waals surface area contributed by atoms with E-state index in [1.54, 1.807) is 11.3 Å². The molecule has 0 aliphatic rings. The van der Waals surface area contributed by atoms with Crippen molar-refractivity contribution in [1.82, 2.24) is 9.38 Å². The summed E-state index contributed by atoms with van der Waals surface area (Å²) in [7, 11) is 0. The van der Waals surface area contributed by atoms with Crippen molar-refractivity contribution in [3.05, 3.63) is 46.6 Å². The average Bonchev–Trinajstić information content (AvgIpc) is 2.89. The SMILES string of the molecule is Cc1ccc(-c2csc3nc(CO)cn23)c(C)c1. The lowest BCUT2D eigenvalue weighted by molar-refractivity contribution is 0.277. The molecule has 0 amide bonds. The standard InChI is InChI=1S/C14H14N2OS/c1-9-3-4-12(10(2)5-9)13-8-18-14-15-11(7-17)6-16(13)14/h3-6,8,17H,7H2,1-2H3. The average molecular weight is 258 g/mol. The van der Waals surface area contributed by atoms with E-state index in [0.717, 1.165) is 10.7 Å². The number of aryl methyl sites for hydroxylation is 2. The lowest BCUT2D eigenvalue weighted by Gasteiger charge is -2.05. The molecule has 0 atom stereocenters. The van der Waals surface area contributed by atoms with Crippen molar-refractivity contribution < 1.29 is 5.11 Å². The van der Waals surface area contributed by atoms with E-state index in [9.17, 15) is 0 Å². The number of aliphatic hydroxyl groups is 1. The molecule has 3 nitrogen and oxygen atoms in total. The molecule has 2 heterocycles. The van der Waals surface area contributed by atoms with Gasteiger partial charge in [-0.1, -0.05) is 23.8 Å². The molecule has 4 heteroatoms. The van der Waals surface area contributed by atoms with Crippen LogP contribution in [0, 0.1) is 13.8 Å². The minimum atomic E-state index is -0.0132. The molecule has 92 valence electrons. The summed E-state index contributed by atoms with van der Waals surface area (Å²) >= 11 is 1.60. The van der Waals surface area contributed by atoms with Gasteiger partial charge in [0.15, 0.2) is 4.96 Å². The van der Waals surface area contributed by atoms with Crippen molar-refractivity contribution in [2.24, 2.45) is 0 Å². The molecule has 3 aromatic rings. The van der Waals surface area contributed by atoms with E-state index in [1.165, 1.54) is 16.7 Å². The first-order chi connectivity index (χ1) is 8.69. The molecule has 0 spiro atoms. The largest absolute Gasteiger partial charge is 0.390 e.